The first-order chi connectivity index (χ1) is 14.7. The number of amides is 2. The molecule has 0 bridgehead atoms. The molecule has 164 valence electrons. The van der Waals surface area contributed by atoms with E-state index in [1.807, 2.05) is 31.2 Å². The lowest BCUT2D eigenvalue weighted by molar-refractivity contribution is -0.274. The first-order valence-corrected chi connectivity index (χ1v) is 9.87. The molecule has 1 saturated heterocycles. The molecule has 9 heteroatoms. The number of ether oxygens (including phenoxy) is 1. The molecular formula is C22H22F3N3O3. The van der Waals surface area contributed by atoms with Gasteiger partial charge in [0.2, 0.25) is 0 Å². The van der Waals surface area contributed by atoms with E-state index < -0.39 is 12.0 Å². The lowest BCUT2D eigenvalue weighted by Crippen LogP contribution is -2.48. The number of aryl methyl sites for hydroxylation is 1. The van der Waals surface area contributed by atoms with Gasteiger partial charge in [-0.1, -0.05) is 29.8 Å². The lowest BCUT2D eigenvalue weighted by atomic mass is 9.90. The van der Waals surface area contributed by atoms with Crippen LogP contribution in [0.5, 0.6) is 5.75 Å². The average molecular weight is 433 g/mol. The summed E-state index contributed by atoms with van der Waals surface area (Å²) < 4.78 is 40.5. The summed E-state index contributed by atoms with van der Waals surface area (Å²) in [4.78, 5) is 20.1. The van der Waals surface area contributed by atoms with Crippen LogP contribution in [0.4, 0.5) is 23.7 Å². The van der Waals surface area contributed by atoms with Crippen LogP contribution in [0.3, 0.4) is 0 Å². The second kappa shape index (κ2) is 8.14. The van der Waals surface area contributed by atoms with Crippen LogP contribution in [0.25, 0.3) is 5.70 Å². The minimum Gasteiger partial charge on any atom is -0.406 e. The highest BCUT2D eigenvalue weighted by Gasteiger charge is 2.40. The van der Waals surface area contributed by atoms with Gasteiger partial charge < -0.3 is 15.0 Å². The van der Waals surface area contributed by atoms with Gasteiger partial charge in [0.15, 0.2) is 0 Å². The zero-order valence-corrected chi connectivity index (χ0v) is 16.8. The first-order valence-electron chi connectivity index (χ1n) is 9.87. The standard InChI is InChI=1S/C22H22F3N3O3/c1-15-2-4-16(5-3-15)19-14-21(31-27-19)10-12-28(13-11-21)20(29)26-17-6-8-18(9-7-17)30-22(23,24)25/h2-9,14,27H,10-13H2,1H3,(H,26,29). The third-order valence-corrected chi connectivity index (χ3v) is 5.37. The smallest absolute Gasteiger partial charge is 0.406 e. The number of hydrogen-bond acceptors (Lipinski definition) is 4. The molecule has 0 atom stereocenters. The number of halogens is 3. The van der Waals surface area contributed by atoms with Crippen molar-refractivity contribution in [1.82, 2.24) is 10.4 Å². The summed E-state index contributed by atoms with van der Waals surface area (Å²) >= 11 is 0. The number of hydrogen-bond donors (Lipinski definition) is 2. The molecule has 6 nitrogen and oxygen atoms in total. The van der Waals surface area contributed by atoms with Gasteiger partial charge in [-0.2, -0.15) is 0 Å². The first kappa shape index (κ1) is 21.0. The summed E-state index contributed by atoms with van der Waals surface area (Å²) in [5, 5.41) is 2.70. The van der Waals surface area contributed by atoms with Crippen molar-refractivity contribution in [1.29, 1.82) is 0 Å². The minimum absolute atomic E-state index is 0.312. The Labute approximate surface area is 177 Å². The summed E-state index contributed by atoms with van der Waals surface area (Å²) in [6.45, 7) is 3.00. The van der Waals surface area contributed by atoms with Crippen molar-refractivity contribution in [2.24, 2.45) is 0 Å². The Bertz CT molecular complexity index is 964. The monoisotopic (exact) mass is 433 g/mol. The molecule has 2 aliphatic heterocycles. The van der Waals surface area contributed by atoms with Crippen molar-refractivity contribution in [3.63, 3.8) is 0 Å². The molecule has 1 spiro atoms. The van der Waals surface area contributed by atoms with Crippen LogP contribution in [0.1, 0.15) is 24.0 Å². The SMILES string of the molecule is Cc1ccc(C2=CC3(CCN(C(=O)Nc4ccc(OC(F)(F)F)cc4)CC3)ON2)cc1. The number of likely N-dealkylation sites (tertiary alicyclic amines) is 1. The molecule has 2 N–H and O–H groups in total. The number of piperidine rings is 1. The molecule has 4 rings (SSSR count). The van der Waals surface area contributed by atoms with E-state index in [1.54, 1.807) is 4.90 Å². The highest BCUT2D eigenvalue weighted by Crippen LogP contribution is 2.35. The highest BCUT2D eigenvalue weighted by molar-refractivity contribution is 5.89. The van der Waals surface area contributed by atoms with E-state index >= 15 is 0 Å². The van der Waals surface area contributed by atoms with Gasteiger partial charge in [-0.25, -0.2) is 4.79 Å². The van der Waals surface area contributed by atoms with Crippen LogP contribution in [-0.2, 0) is 4.84 Å². The van der Waals surface area contributed by atoms with Gasteiger partial charge in [0, 0.05) is 31.6 Å². The molecule has 2 aromatic rings. The summed E-state index contributed by atoms with van der Waals surface area (Å²) in [5.74, 6) is -0.340. The Balaban J connectivity index is 1.32. The largest absolute Gasteiger partial charge is 0.573 e. The van der Waals surface area contributed by atoms with Gasteiger partial charge >= 0.3 is 12.4 Å². The predicted molar refractivity (Wildman–Crippen MR) is 109 cm³/mol. The molecule has 31 heavy (non-hydrogen) atoms. The van der Waals surface area contributed by atoms with Crippen molar-refractivity contribution < 1.29 is 27.5 Å². The topological polar surface area (TPSA) is 62.8 Å². The van der Waals surface area contributed by atoms with Gasteiger partial charge in [-0.05, 0) is 42.8 Å². The summed E-state index contributed by atoms with van der Waals surface area (Å²) in [7, 11) is 0. The predicted octanol–water partition coefficient (Wildman–Crippen LogP) is 4.84. The van der Waals surface area contributed by atoms with Gasteiger partial charge in [-0.15, -0.1) is 13.2 Å². The second-order valence-corrected chi connectivity index (χ2v) is 7.68. The Morgan fingerprint density at radius 3 is 2.35 bits per heavy atom. The van der Waals surface area contributed by atoms with Crippen molar-refractivity contribution in [3.05, 3.63) is 65.7 Å². The summed E-state index contributed by atoms with van der Waals surface area (Å²) in [5.41, 5.74) is 6.07. The van der Waals surface area contributed by atoms with Crippen LogP contribution < -0.4 is 15.5 Å². The van der Waals surface area contributed by atoms with Crippen molar-refractivity contribution in [2.75, 3.05) is 18.4 Å². The van der Waals surface area contributed by atoms with Gasteiger partial charge in [-0.3, -0.25) is 10.3 Å². The van der Waals surface area contributed by atoms with E-state index in [0.29, 0.717) is 31.6 Å². The third kappa shape index (κ3) is 5.11. The zero-order valence-electron chi connectivity index (χ0n) is 16.8. The molecule has 0 aliphatic carbocycles. The maximum absolute atomic E-state index is 12.5. The molecule has 2 amide bonds. The van der Waals surface area contributed by atoms with E-state index in [4.69, 9.17) is 4.84 Å². The number of anilines is 1. The zero-order chi connectivity index (χ0) is 22.1. The summed E-state index contributed by atoms with van der Waals surface area (Å²) in [6, 6.07) is 12.9. The van der Waals surface area contributed by atoms with E-state index in [9.17, 15) is 18.0 Å². The quantitative estimate of drug-likeness (QED) is 0.728. The van der Waals surface area contributed by atoms with Crippen LogP contribution >= 0.6 is 0 Å². The molecule has 2 aromatic carbocycles. The lowest BCUT2D eigenvalue weighted by Gasteiger charge is -2.36. The molecule has 0 radical (unpaired) electrons. The fraction of sp³-hybridized carbons (Fsp3) is 0.318. The van der Waals surface area contributed by atoms with Crippen LogP contribution in [-0.4, -0.2) is 36.0 Å². The number of carbonyl (C=O) groups excluding carboxylic acids is 1. The van der Waals surface area contributed by atoms with E-state index in [0.717, 1.165) is 23.4 Å². The van der Waals surface area contributed by atoms with Crippen molar-refractivity contribution >= 4 is 17.4 Å². The highest BCUT2D eigenvalue weighted by atomic mass is 19.4. The number of benzene rings is 2. The number of carbonyl (C=O) groups is 1. The molecular weight excluding hydrogens is 411 g/mol. The molecule has 0 unspecified atom stereocenters. The van der Waals surface area contributed by atoms with Crippen molar-refractivity contribution in [3.8, 4) is 5.75 Å². The van der Waals surface area contributed by atoms with Crippen molar-refractivity contribution in [2.45, 2.75) is 31.7 Å². The Morgan fingerprint density at radius 2 is 1.74 bits per heavy atom. The molecule has 0 aromatic heterocycles. The van der Waals surface area contributed by atoms with E-state index in [1.165, 1.54) is 17.7 Å². The number of alkyl halides is 3. The number of nitrogens with one attached hydrogen (secondary N) is 2. The number of urea groups is 1. The third-order valence-electron chi connectivity index (χ3n) is 5.37. The maximum atomic E-state index is 12.5. The number of rotatable bonds is 3. The van der Waals surface area contributed by atoms with Gasteiger partial charge in [0.25, 0.3) is 0 Å². The Morgan fingerprint density at radius 1 is 1.10 bits per heavy atom. The Kier molecular flexibility index (Phi) is 5.53. The summed E-state index contributed by atoms with van der Waals surface area (Å²) in [6.07, 6.45) is -1.42. The maximum Gasteiger partial charge on any atom is 0.573 e. The normalized spacial score (nSPS) is 17.8. The molecule has 0 saturated carbocycles. The molecule has 2 aliphatic rings. The van der Waals surface area contributed by atoms with Crippen LogP contribution in [0, 0.1) is 6.92 Å². The Hall–Kier alpha value is -3.20. The van der Waals surface area contributed by atoms with Gasteiger partial charge in [0.05, 0.1) is 5.70 Å². The number of hydroxylamine groups is 1. The minimum atomic E-state index is -4.75. The molecule has 1 fully saturated rings. The second-order valence-electron chi connectivity index (χ2n) is 7.68. The molecule has 2 heterocycles. The fourth-order valence-electron chi connectivity index (χ4n) is 3.63. The van der Waals surface area contributed by atoms with Gasteiger partial charge in [0.1, 0.15) is 11.4 Å². The average Bonchev–Trinajstić information content (AvgIpc) is 3.13. The van der Waals surface area contributed by atoms with Crippen LogP contribution in [0.15, 0.2) is 54.6 Å². The van der Waals surface area contributed by atoms with E-state index in [-0.39, 0.29) is 11.8 Å². The van der Waals surface area contributed by atoms with Crippen LogP contribution in [0.2, 0.25) is 0 Å². The van der Waals surface area contributed by atoms with E-state index in [2.05, 4.69) is 21.6 Å². The number of nitrogens with zero attached hydrogens (tertiary/aromatic N) is 1. The fourth-order valence-corrected chi connectivity index (χ4v) is 3.63.